The molecule has 2 aromatic carbocycles. The van der Waals surface area contributed by atoms with Crippen LogP contribution in [0.3, 0.4) is 0 Å². The van der Waals surface area contributed by atoms with Crippen LogP contribution < -0.4 is 10.2 Å². The number of aliphatic hydroxyl groups is 1. The zero-order chi connectivity index (χ0) is 22.2. The van der Waals surface area contributed by atoms with Crippen molar-refractivity contribution in [3.8, 4) is 22.3 Å². The predicted octanol–water partition coefficient (Wildman–Crippen LogP) is 3.51. The number of hydrogen-bond acceptors (Lipinski definition) is 6. The molecule has 0 unspecified atom stereocenters. The monoisotopic (exact) mass is 436 g/mol. The van der Waals surface area contributed by atoms with Gasteiger partial charge >= 0.3 is 0 Å². The number of hydrogen-bond donors (Lipinski definition) is 2. The molecule has 1 saturated heterocycles. The van der Waals surface area contributed by atoms with E-state index in [-0.39, 0.29) is 6.61 Å². The van der Waals surface area contributed by atoms with E-state index in [0.717, 1.165) is 70.5 Å². The van der Waals surface area contributed by atoms with Crippen molar-refractivity contribution in [1.29, 1.82) is 0 Å². The van der Waals surface area contributed by atoms with Crippen LogP contribution >= 0.6 is 0 Å². The molecule has 5 aromatic rings. The molecule has 33 heavy (non-hydrogen) atoms. The lowest BCUT2D eigenvalue weighted by atomic mass is 10.0. The first-order valence-electron chi connectivity index (χ1n) is 11.2. The first kappa shape index (κ1) is 19.8. The summed E-state index contributed by atoms with van der Waals surface area (Å²) in [5, 5.41) is 18.4. The van der Waals surface area contributed by atoms with Gasteiger partial charge in [0.15, 0.2) is 5.65 Å². The van der Waals surface area contributed by atoms with E-state index in [1.165, 1.54) is 5.69 Å². The van der Waals surface area contributed by atoms with Crippen molar-refractivity contribution < 1.29 is 5.11 Å². The summed E-state index contributed by atoms with van der Waals surface area (Å²) in [6, 6.07) is 16.5. The quantitative estimate of drug-likeness (QED) is 0.449. The van der Waals surface area contributed by atoms with Gasteiger partial charge in [0.05, 0.1) is 18.3 Å². The smallest absolute Gasteiger partial charge is 0.162 e. The lowest BCUT2D eigenvalue weighted by Gasteiger charge is -2.29. The highest BCUT2D eigenvalue weighted by Gasteiger charge is 2.14. The summed E-state index contributed by atoms with van der Waals surface area (Å²) < 4.78 is 1.84. The van der Waals surface area contributed by atoms with E-state index in [2.05, 4.69) is 44.6 Å². The van der Waals surface area contributed by atoms with Crippen LogP contribution in [0.2, 0.25) is 0 Å². The van der Waals surface area contributed by atoms with Gasteiger partial charge in [-0.3, -0.25) is 4.98 Å². The Bertz CT molecular complexity index is 1440. The van der Waals surface area contributed by atoms with Crippen molar-refractivity contribution in [1.82, 2.24) is 24.9 Å². The van der Waals surface area contributed by atoms with E-state index in [0.29, 0.717) is 0 Å². The Labute approximate surface area is 191 Å². The van der Waals surface area contributed by atoms with E-state index in [9.17, 15) is 5.11 Å². The minimum Gasteiger partial charge on any atom is -0.392 e. The number of aliphatic hydroxyl groups excluding tert-OH is 1. The number of benzene rings is 2. The Balaban J connectivity index is 1.35. The molecule has 2 N–H and O–H groups in total. The maximum Gasteiger partial charge on any atom is 0.162 e. The van der Waals surface area contributed by atoms with E-state index in [1.54, 1.807) is 6.20 Å². The molecular formula is C26H24N6O. The van der Waals surface area contributed by atoms with Crippen LogP contribution in [-0.2, 0) is 6.61 Å². The van der Waals surface area contributed by atoms with Crippen molar-refractivity contribution in [3.63, 3.8) is 0 Å². The molecule has 1 fully saturated rings. The van der Waals surface area contributed by atoms with Crippen molar-refractivity contribution in [2.75, 3.05) is 31.1 Å². The maximum atomic E-state index is 9.44. The molecule has 0 aliphatic carbocycles. The Morgan fingerprint density at radius 3 is 2.55 bits per heavy atom. The van der Waals surface area contributed by atoms with E-state index >= 15 is 0 Å². The summed E-state index contributed by atoms with van der Waals surface area (Å²) in [5.41, 5.74) is 7.87. The van der Waals surface area contributed by atoms with Gasteiger partial charge in [0.25, 0.3) is 0 Å². The number of piperazine rings is 1. The number of rotatable bonds is 4. The third-order valence-corrected chi connectivity index (χ3v) is 6.32. The molecule has 6 rings (SSSR count). The Hall–Kier alpha value is -3.81. The summed E-state index contributed by atoms with van der Waals surface area (Å²) in [6.45, 7) is 4.12. The fourth-order valence-electron chi connectivity index (χ4n) is 4.53. The highest BCUT2D eigenvalue weighted by molar-refractivity contribution is 5.97. The van der Waals surface area contributed by atoms with Crippen LogP contribution in [0.4, 0.5) is 5.69 Å². The molecule has 0 spiro atoms. The topological polar surface area (TPSA) is 78.6 Å². The third kappa shape index (κ3) is 3.61. The van der Waals surface area contributed by atoms with E-state index in [4.69, 9.17) is 4.98 Å². The Kier molecular flexibility index (Phi) is 4.97. The van der Waals surface area contributed by atoms with Crippen LogP contribution in [0.25, 0.3) is 38.8 Å². The highest BCUT2D eigenvalue weighted by atomic mass is 16.3. The standard InChI is InChI=1S/C26H24N6O/c33-17-18-1-6-23-22(7-8-28-25(23)13-18)24-15-30-32-16-20(14-29-26(24)32)19-2-4-21(5-3-19)31-11-9-27-10-12-31/h1-8,13-16,27,33H,9-12,17H2. The van der Waals surface area contributed by atoms with Gasteiger partial charge < -0.3 is 15.3 Å². The molecule has 0 atom stereocenters. The van der Waals surface area contributed by atoms with Gasteiger partial charge in [-0.15, -0.1) is 0 Å². The average Bonchev–Trinajstić information content (AvgIpc) is 3.31. The second-order valence-corrected chi connectivity index (χ2v) is 8.32. The summed E-state index contributed by atoms with van der Waals surface area (Å²) in [6.07, 6.45) is 7.58. The lowest BCUT2D eigenvalue weighted by Crippen LogP contribution is -2.43. The zero-order valence-corrected chi connectivity index (χ0v) is 18.1. The molecule has 1 aliphatic rings. The summed E-state index contributed by atoms with van der Waals surface area (Å²) in [5.74, 6) is 0. The minimum absolute atomic E-state index is 0.000880. The van der Waals surface area contributed by atoms with Gasteiger partial charge in [0.1, 0.15) is 0 Å². The molecule has 0 bridgehead atoms. The van der Waals surface area contributed by atoms with Crippen LogP contribution in [0, 0.1) is 0 Å². The van der Waals surface area contributed by atoms with Gasteiger partial charge in [-0.1, -0.05) is 24.3 Å². The number of nitrogens with zero attached hydrogens (tertiary/aromatic N) is 5. The first-order valence-corrected chi connectivity index (χ1v) is 11.2. The molecule has 7 nitrogen and oxygen atoms in total. The molecule has 0 saturated carbocycles. The van der Waals surface area contributed by atoms with Crippen molar-refractivity contribution >= 4 is 22.2 Å². The second kappa shape index (κ2) is 8.27. The first-order chi connectivity index (χ1) is 16.3. The molecule has 3 aromatic heterocycles. The zero-order valence-electron chi connectivity index (χ0n) is 18.1. The number of aromatic nitrogens is 4. The molecule has 7 heteroatoms. The Morgan fingerprint density at radius 1 is 0.879 bits per heavy atom. The van der Waals surface area contributed by atoms with Crippen LogP contribution in [-0.4, -0.2) is 50.9 Å². The van der Waals surface area contributed by atoms with Gasteiger partial charge in [-0.2, -0.15) is 5.10 Å². The average molecular weight is 437 g/mol. The van der Waals surface area contributed by atoms with Crippen molar-refractivity contribution in [3.05, 3.63) is 78.9 Å². The molecular weight excluding hydrogens is 412 g/mol. The molecule has 0 radical (unpaired) electrons. The predicted molar refractivity (Wildman–Crippen MR) is 130 cm³/mol. The fraction of sp³-hybridized carbons (Fsp3) is 0.192. The lowest BCUT2D eigenvalue weighted by molar-refractivity contribution is 0.282. The van der Waals surface area contributed by atoms with Gasteiger partial charge in [0, 0.05) is 67.0 Å². The summed E-state index contributed by atoms with van der Waals surface area (Å²) in [7, 11) is 0. The normalized spacial score (nSPS) is 14.3. The molecule has 1 aliphatic heterocycles. The maximum absolute atomic E-state index is 9.44. The van der Waals surface area contributed by atoms with Crippen LogP contribution in [0.15, 0.2) is 73.3 Å². The SMILES string of the molecule is OCc1ccc2c(-c3cnn4cc(-c5ccc(N6CCNCC6)cc5)cnc34)ccnc2c1. The molecule has 0 amide bonds. The number of fused-ring (bicyclic) bond motifs is 2. The third-order valence-electron chi connectivity index (χ3n) is 6.32. The van der Waals surface area contributed by atoms with Gasteiger partial charge in [-0.25, -0.2) is 9.50 Å². The number of anilines is 1. The van der Waals surface area contributed by atoms with Crippen molar-refractivity contribution in [2.45, 2.75) is 6.61 Å². The fourth-order valence-corrected chi connectivity index (χ4v) is 4.53. The number of nitrogens with one attached hydrogen (secondary N) is 1. The summed E-state index contributed by atoms with van der Waals surface area (Å²) in [4.78, 5) is 11.6. The molecule has 164 valence electrons. The second-order valence-electron chi connectivity index (χ2n) is 8.32. The summed E-state index contributed by atoms with van der Waals surface area (Å²) >= 11 is 0. The Morgan fingerprint density at radius 2 is 1.73 bits per heavy atom. The van der Waals surface area contributed by atoms with Gasteiger partial charge in [-0.05, 0) is 41.0 Å². The highest BCUT2D eigenvalue weighted by Crippen LogP contribution is 2.31. The van der Waals surface area contributed by atoms with Gasteiger partial charge in [0.2, 0.25) is 0 Å². The van der Waals surface area contributed by atoms with E-state index < -0.39 is 0 Å². The van der Waals surface area contributed by atoms with Crippen LogP contribution in [0.5, 0.6) is 0 Å². The minimum atomic E-state index is -0.000880. The van der Waals surface area contributed by atoms with Crippen LogP contribution in [0.1, 0.15) is 5.56 Å². The van der Waals surface area contributed by atoms with E-state index in [1.807, 2.05) is 47.4 Å². The number of pyridine rings is 1. The van der Waals surface area contributed by atoms with Crippen molar-refractivity contribution in [2.24, 2.45) is 0 Å². The largest absolute Gasteiger partial charge is 0.392 e. The molecule has 4 heterocycles.